The lowest BCUT2D eigenvalue weighted by molar-refractivity contribution is -0.133. The summed E-state index contributed by atoms with van der Waals surface area (Å²) >= 11 is 0. The largest absolute Gasteiger partial charge is 0.504 e. The van der Waals surface area contributed by atoms with Gasteiger partial charge in [0.05, 0.1) is 18.2 Å². The Kier molecular flexibility index (Phi) is 14.2. The topological polar surface area (TPSA) is 244 Å². The van der Waals surface area contributed by atoms with Crippen LogP contribution in [0.4, 0.5) is 5.69 Å². The van der Waals surface area contributed by atoms with Crippen molar-refractivity contribution in [2.24, 2.45) is 0 Å². The van der Waals surface area contributed by atoms with E-state index in [4.69, 9.17) is 4.74 Å². The van der Waals surface area contributed by atoms with E-state index in [1.807, 2.05) is 0 Å². The van der Waals surface area contributed by atoms with Gasteiger partial charge < -0.3 is 51.3 Å². The van der Waals surface area contributed by atoms with E-state index < -0.39 is 45.7 Å². The van der Waals surface area contributed by atoms with Crippen molar-refractivity contribution in [3.05, 3.63) is 68.0 Å². The maximum Gasteiger partial charge on any atom is 0.271 e. The molecule has 0 aliphatic rings. The van der Waals surface area contributed by atoms with E-state index in [0.29, 0.717) is 38.8 Å². The van der Waals surface area contributed by atoms with E-state index in [1.54, 1.807) is 4.90 Å². The first-order valence-corrected chi connectivity index (χ1v) is 15.7. The number of anilines is 1. The number of hydrogen-bond acceptors (Lipinski definition) is 12. The van der Waals surface area contributed by atoms with Crippen molar-refractivity contribution in [3.63, 3.8) is 0 Å². The zero-order valence-electron chi connectivity index (χ0n) is 27.0. The van der Waals surface area contributed by atoms with Crippen LogP contribution in [-0.2, 0) is 9.59 Å². The fourth-order valence-electron chi connectivity index (χ4n) is 4.80. The molecule has 3 aromatic rings. The number of methoxy groups -OCH3 is 1. The van der Waals surface area contributed by atoms with Gasteiger partial charge in [-0.25, -0.2) is 0 Å². The summed E-state index contributed by atoms with van der Waals surface area (Å²) in [5.74, 6) is -3.75. The molecular weight excluding hydrogens is 642 g/mol. The first-order chi connectivity index (χ1) is 23.5. The van der Waals surface area contributed by atoms with Crippen LogP contribution in [0.1, 0.15) is 59.2 Å². The summed E-state index contributed by atoms with van der Waals surface area (Å²) in [6, 6.07) is 8.07. The molecule has 0 spiro atoms. The molecule has 0 unspecified atom stereocenters. The van der Waals surface area contributed by atoms with Gasteiger partial charge in [-0.3, -0.25) is 28.8 Å². The highest BCUT2D eigenvalue weighted by molar-refractivity contribution is 5.98. The molecule has 16 nitrogen and oxygen atoms in total. The number of carbonyl (C=O) groups excluding carboxylic acids is 4. The third-order valence-electron chi connectivity index (χ3n) is 7.52. The van der Waals surface area contributed by atoms with Gasteiger partial charge in [0.2, 0.25) is 11.8 Å². The Morgan fingerprint density at radius 2 is 1.22 bits per heavy atom. The van der Waals surface area contributed by atoms with E-state index in [2.05, 4.69) is 21.3 Å². The molecule has 0 atom stereocenters. The fourth-order valence-corrected chi connectivity index (χ4v) is 4.80. The van der Waals surface area contributed by atoms with Crippen molar-refractivity contribution in [2.75, 3.05) is 51.7 Å². The third-order valence-corrected chi connectivity index (χ3v) is 7.52. The number of hydrogen-bond donors (Lipinski definition) is 8. The average Bonchev–Trinajstić information content (AvgIpc) is 3.09. The number of amides is 4. The van der Waals surface area contributed by atoms with Crippen LogP contribution in [0.25, 0.3) is 0 Å². The molecule has 0 radical (unpaired) electrons. The highest BCUT2D eigenvalue weighted by Crippen LogP contribution is 2.28. The van der Waals surface area contributed by atoms with Gasteiger partial charge in [-0.05, 0) is 49.9 Å². The highest BCUT2D eigenvalue weighted by Gasteiger charge is 2.21. The number of phenolic OH excluding ortho intramolecular Hbond substituents is 4. The second-order valence-electron chi connectivity index (χ2n) is 11.0. The Bertz CT molecular complexity index is 1700. The van der Waals surface area contributed by atoms with Gasteiger partial charge >= 0.3 is 0 Å². The van der Waals surface area contributed by atoms with Crippen molar-refractivity contribution < 1.29 is 44.3 Å². The Hall–Kier alpha value is -5.80. The normalized spacial score (nSPS) is 10.7. The van der Waals surface area contributed by atoms with Crippen molar-refractivity contribution in [2.45, 2.75) is 38.5 Å². The van der Waals surface area contributed by atoms with Crippen LogP contribution in [0, 0.1) is 0 Å². The van der Waals surface area contributed by atoms with E-state index >= 15 is 0 Å². The number of aromatic hydroxyl groups is 4. The molecule has 3 rings (SSSR count). The van der Waals surface area contributed by atoms with E-state index in [9.17, 15) is 49.2 Å². The Morgan fingerprint density at radius 1 is 0.673 bits per heavy atom. The molecular formula is C33H41N5O11. The number of ether oxygens (including phenoxy) is 1. The van der Waals surface area contributed by atoms with Crippen molar-refractivity contribution in [3.8, 4) is 28.7 Å². The van der Waals surface area contributed by atoms with Crippen LogP contribution in [0.2, 0.25) is 0 Å². The highest BCUT2D eigenvalue weighted by atomic mass is 16.5. The van der Waals surface area contributed by atoms with Gasteiger partial charge in [-0.2, -0.15) is 0 Å². The number of carbonyl (C=O) groups is 4. The molecule has 3 aromatic carbocycles. The monoisotopic (exact) mass is 683 g/mol. The molecule has 0 fully saturated rings. The second kappa shape index (κ2) is 18.5. The van der Waals surface area contributed by atoms with Crippen LogP contribution in [0.15, 0.2) is 46.0 Å². The molecule has 0 aromatic heterocycles. The van der Waals surface area contributed by atoms with Gasteiger partial charge in [0.25, 0.3) is 22.7 Å². The minimum absolute atomic E-state index is 0.0198. The molecule has 264 valence electrons. The van der Waals surface area contributed by atoms with E-state index in [-0.39, 0.29) is 73.4 Å². The van der Waals surface area contributed by atoms with Gasteiger partial charge in [0.1, 0.15) is 5.69 Å². The quantitative estimate of drug-likeness (QED) is 0.0466. The van der Waals surface area contributed by atoms with Crippen molar-refractivity contribution in [1.82, 2.24) is 20.9 Å². The molecule has 4 amide bonds. The minimum atomic E-state index is -0.687. The Labute approximate surface area is 281 Å². The summed E-state index contributed by atoms with van der Waals surface area (Å²) in [4.78, 5) is 74.8. The molecule has 0 heterocycles. The lowest BCUT2D eigenvalue weighted by Crippen LogP contribution is -2.37. The molecule has 0 aliphatic carbocycles. The number of nitrogens with one attached hydrogen (secondary N) is 4. The molecule has 49 heavy (non-hydrogen) atoms. The van der Waals surface area contributed by atoms with Gasteiger partial charge in [0.15, 0.2) is 28.7 Å². The maximum atomic E-state index is 13.1. The predicted molar refractivity (Wildman–Crippen MR) is 178 cm³/mol. The number of nitrogens with zero attached hydrogens (tertiary/aromatic N) is 1. The number of phenols is 4. The number of rotatable bonds is 20. The summed E-state index contributed by atoms with van der Waals surface area (Å²) in [5.41, 5.74) is -1.40. The lowest BCUT2D eigenvalue weighted by Gasteiger charge is -2.23. The number of unbranched alkanes of at least 4 members (excludes halogenated alkanes) is 1. The summed E-state index contributed by atoms with van der Waals surface area (Å²) in [6.45, 7) is 1.49. The summed E-state index contributed by atoms with van der Waals surface area (Å²) in [6.07, 6.45) is 1.59. The van der Waals surface area contributed by atoms with Crippen LogP contribution in [0.5, 0.6) is 28.7 Å². The molecule has 16 heteroatoms. The van der Waals surface area contributed by atoms with Crippen LogP contribution < -0.4 is 36.9 Å². The lowest BCUT2D eigenvalue weighted by atomic mass is 10.1. The third kappa shape index (κ3) is 10.6. The first kappa shape index (κ1) is 37.7. The molecule has 8 N–H and O–H groups in total. The Balaban J connectivity index is 1.44. The SMILES string of the molecule is COc1c(NCCCNC(=O)CCC(=O)N(CCCCNC(=O)c2cccc(O)c2O)CCCNC(=O)c2cccc(O)c2O)c(=O)c1=O. The van der Waals surface area contributed by atoms with E-state index in [1.165, 1.54) is 43.5 Å². The summed E-state index contributed by atoms with van der Waals surface area (Å²) < 4.78 is 4.86. The average molecular weight is 684 g/mol. The summed E-state index contributed by atoms with van der Waals surface area (Å²) in [5, 5.41) is 49.9. The fraction of sp³-hybridized carbons (Fsp3) is 0.394. The maximum absolute atomic E-state index is 13.1. The molecule has 0 saturated carbocycles. The van der Waals surface area contributed by atoms with Crippen molar-refractivity contribution >= 4 is 29.3 Å². The number of para-hydroxylation sites is 2. The molecule has 0 saturated heterocycles. The molecule has 0 aliphatic heterocycles. The number of benzene rings is 2. The van der Waals surface area contributed by atoms with Crippen molar-refractivity contribution in [1.29, 1.82) is 0 Å². The summed E-state index contributed by atoms with van der Waals surface area (Å²) in [7, 11) is 1.29. The van der Waals surface area contributed by atoms with Gasteiger partial charge in [-0.15, -0.1) is 0 Å². The zero-order valence-corrected chi connectivity index (χ0v) is 27.0. The second-order valence-corrected chi connectivity index (χ2v) is 11.0. The smallest absolute Gasteiger partial charge is 0.271 e. The van der Waals surface area contributed by atoms with Crippen LogP contribution >= 0.6 is 0 Å². The van der Waals surface area contributed by atoms with Crippen LogP contribution in [0.3, 0.4) is 0 Å². The van der Waals surface area contributed by atoms with Gasteiger partial charge in [-0.1, -0.05) is 12.1 Å². The standard InChI is InChI=1S/C33H41N5O11/c1-49-31-26(29(45)30(31)46)35-16-6-15-34-24(41)12-13-25(42)38(19-7-17-37-33(48)21-9-5-11-23(40)28(21)44)18-3-2-14-36-32(47)20-8-4-10-22(39)27(20)43/h4-5,8-11,35,39-40,43-44H,2-3,6-7,12-19H2,1H3,(H,34,41)(H,36,47)(H,37,48). The van der Waals surface area contributed by atoms with Crippen LogP contribution in [-0.4, -0.2) is 95.3 Å². The van der Waals surface area contributed by atoms with E-state index in [0.717, 1.165) is 0 Å². The first-order valence-electron chi connectivity index (χ1n) is 15.7. The zero-order chi connectivity index (χ0) is 35.9. The molecule has 0 bridgehead atoms. The predicted octanol–water partition coefficient (Wildman–Crippen LogP) is 0.671. The Morgan fingerprint density at radius 3 is 1.82 bits per heavy atom. The van der Waals surface area contributed by atoms with Gasteiger partial charge in [0, 0.05) is 52.1 Å². The minimum Gasteiger partial charge on any atom is -0.504 e.